The third kappa shape index (κ3) is 1.66. The molecule has 1 amide bonds. The molecule has 74 valence electrons. The summed E-state index contributed by atoms with van der Waals surface area (Å²) in [5.41, 5.74) is 0.671. The van der Waals surface area contributed by atoms with Crippen LogP contribution in [-0.4, -0.2) is 22.4 Å². The Morgan fingerprint density at radius 2 is 2.43 bits per heavy atom. The fourth-order valence-electron chi connectivity index (χ4n) is 1.32. The standard InChI is InChI=1S/C9H12N4O/c1-2-7-11-5-6-9(13-7)10-4-3-8(14)12-6/h5H,2-4H2,1H3,(H,12,14)(H,10,11,13). The number of rotatable bonds is 1. The lowest BCUT2D eigenvalue weighted by atomic mass is 10.4. The van der Waals surface area contributed by atoms with Crippen LogP contribution in [0.25, 0.3) is 0 Å². The van der Waals surface area contributed by atoms with Crippen molar-refractivity contribution in [2.75, 3.05) is 17.2 Å². The summed E-state index contributed by atoms with van der Waals surface area (Å²) in [7, 11) is 0. The number of nitrogens with zero attached hydrogens (tertiary/aromatic N) is 2. The van der Waals surface area contributed by atoms with Gasteiger partial charge in [-0.25, -0.2) is 9.97 Å². The Morgan fingerprint density at radius 3 is 3.21 bits per heavy atom. The molecule has 0 aromatic carbocycles. The predicted octanol–water partition coefficient (Wildman–Crippen LogP) is 0.793. The Morgan fingerprint density at radius 1 is 1.57 bits per heavy atom. The molecule has 0 spiro atoms. The van der Waals surface area contributed by atoms with Crippen LogP contribution >= 0.6 is 0 Å². The first-order valence-electron chi connectivity index (χ1n) is 4.69. The first kappa shape index (κ1) is 8.93. The van der Waals surface area contributed by atoms with E-state index in [0.29, 0.717) is 18.7 Å². The number of carbonyl (C=O) groups is 1. The molecule has 1 aromatic heterocycles. The minimum Gasteiger partial charge on any atom is -0.368 e. The van der Waals surface area contributed by atoms with Gasteiger partial charge in [0.2, 0.25) is 5.91 Å². The molecule has 0 saturated carbocycles. The summed E-state index contributed by atoms with van der Waals surface area (Å²) in [5, 5.41) is 5.84. The van der Waals surface area contributed by atoms with E-state index in [1.165, 1.54) is 0 Å². The number of aryl methyl sites for hydroxylation is 1. The molecule has 0 fully saturated rings. The molecule has 14 heavy (non-hydrogen) atoms. The van der Waals surface area contributed by atoms with Gasteiger partial charge < -0.3 is 10.6 Å². The average Bonchev–Trinajstić information content (AvgIpc) is 2.37. The van der Waals surface area contributed by atoms with E-state index in [1.54, 1.807) is 6.20 Å². The summed E-state index contributed by atoms with van der Waals surface area (Å²) < 4.78 is 0. The fraction of sp³-hybridized carbons (Fsp3) is 0.444. The Balaban J connectivity index is 2.35. The molecule has 2 rings (SSSR count). The topological polar surface area (TPSA) is 66.9 Å². The second-order valence-electron chi connectivity index (χ2n) is 3.13. The van der Waals surface area contributed by atoms with Gasteiger partial charge in [0, 0.05) is 19.4 Å². The van der Waals surface area contributed by atoms with Gasteiger partial charge in [-0.2, -0.15) is 0 Å². The zero-order valence-corrected chi connectivity index (χ0v) is 8.00. The van der Waals surface area contributed by atoms with Gasteiger partial charge in [-0.3, -0.25) is 4.79 Å². The van der Waals surface area contributed by atoms with E-state index >= 15 is 0 Å². The largest absolute Gasteiger partial charge is 0.368 e. The molecule has 0 radical (unpaired) electrons. The van der Waals surface area contributed by atoms with Crippen molar-refractivity contribution < 1.29 is 4.79 Å². The van der Waals surface area contributed by atoms with Crippen molar-refractivity contribution in [3.63, 3.8) is 0 Å². The Hall–Kier alpha value is -1.65. The van der Waals surface area contributed by atoms with Gasteiger partial charge in [-0.1, -0.05) is 6.92 Å². The molecule has 0 bridgehead atoms. The zero-order valence-electron chi connectivity index (χ0n) is 8.00. The van der Waals surface area contributed by atoms with Gasteiger partial charge in [0.05, 0.1) is 6.20 Å². The van der Waals surface area contributed by atoms with Gasteiger partial charge in [0.1, 0.15) is 11.5 Å². The van der Waals surface area contributed by atoms with Crippen LogP contribution in [0.5, 0.6) is 0 Å². The van der Waals surface area contributed by atoms with Crippen molar-refractivity contribution in [3.05, 3.63) is 12.0 Å². The van der Waals surface area contributed by atoms with E-state index in [4.69, 9.17) is 0 Å². The highest BCUT2D eigenvalue weighted by Crippen LogP contribution is 2.20. The Bertz CT molecular complexity index is 364. The molecule has 0 unspecified atom stereocenters. The smallest absolute Gasteiger partial charge is 0.226 e. The molecule has 2 N–H and O–H groups in total. The minimum absolute atomic E-state index is 0.00379. The van der Waals surface area contributed by atoms with Crippen LogP contribution in [0.3, 0.4) is 0 Å². The van der Waals surface area contributed by atoms with E-state index in [1.807, 2.05) is 6.92 Å². The van der Waals surface area contributed by atoms with Gasteiger partial charge >= 0.3 is 0 Å². The second-order valence-corrected chi connectivity index (χ2v) is 3.13. The maximum absolute atomic E-state index is 11.2. The first-order valence-corrected chi connectivity index (χ1v) is 4.69. The summed E-state index contributed by atoms with van der Waals surface area (Å²) in [4.78, 5) is 19.6. The Labute approximate surface area is 82.0 Å². The van der Waals surface area contributed by atoms with E-state index in [9.17, 15) is 4.79 Å². The fourth-order valence-corrected chi connectivity index (χ4v) is 1.32. The monoisotopic (exact) mass is 192 g/mol. The quantitative estimate of drug-likeness (QED) is 0.690. The Kier molecular flexibility index (Phi) is 2.30. The number of nitrogens with one attached hydrogen (secondary N) is 2. The van der Waals surface area contributed by atoms with Crippen molar-refractivity contribution in [2.45, 2.75) is 19.8 Å². The average molecular weight is 192 g/mol. The number of hydrogen-bond acceptors (Lipinski definition) is 4. The number of hydrogen-bond donors (Lipinski definition) is 2. The van der Waals surface area contributed by atoms with Crippen LogP contribution < -0.4 is 10.6 Å². The number of anilines is 2. The van der Waals surface area contributed by atoms with E-state index < -0.39 is 0 Å². The summed E-state index contributed by atoms with van der Waals surface area (Å²) >= 11 is 0. The predicted molar refractivity (Wildman–Crippen MR) is 53.1 cm³/mol. The lowest BCUT2D eigenvalue weighted by Gasteiger charge is -2.06. The highest BCUT2D eigenvalue weighted by atomic mass is 16.1. The highest BCUT2D eigenvalue weighted by Gasteiger charge is 2.13. The van der Waals surface area contributed by atoms with Gasteiger partial charge in [0.15, 0.2) is 5.82 Å². The summed E-state index contributed by atoms with van der Waals surface area (Å²) in [6, 6.07) is 0. The van der Waals surface area contributed by atoms with Crippen LogP contribution in [0.4, 0.5) is 11.5 Å². The first-order chi connectivity index (χ1) is 6.79. The van der Waals surface area contributed by atoms with E-state index in [2.05, 4.69) is 20.6 Å². The van der Waals surface area contributed by atoms with Crippen LogP contribution in [0.15, 0.2) is 6.20 Å². The molecule has 1 aliphatic rings. The summed E-state index contributed by atoms with van der Waals surface area (Å²) in [5.74, 6) is 1.51. The SMILES string of the molecule is CCc1ncc2c(n1)NCCC(=O)N2. The van der Waals surface area contributed by atoms with Crippen molar-refractivity contribution in [1.29, 1.82) is 0 Å². The summed E-state index contributed by atoms with van der Waals surface area (Å²) in [6.07, 6.45) is 2.91. The number of aromatic nitrogens is 2. The lowest BCUT2D eigenvalue weighted by molar-refractivity contribution is -0.115. The third-order valence-electron chi connectivity index (χ3n) is 2.07. The van der Waals surface area contributed by atoms with Gasteiger partial charge in [-0.05, 0) is 0 Å². The van der Waals surface area contributed by atoms with Crippen LogP contribution in [0, 0.1) is 0 Å². The zero-order chi connectivity index (χ0) is 9.97. The number of carbonyl (C=O) groups excluding carboxylic acids is 1. The van der Waals surface area contributed by atoms with Crippen LogP contribution in [-0.2, 0) is 11.2 Å². The van der Waals surface area contributed by atoms with Gasteiger partial charge in [0.25, 0.3) is 0 Å². The van der Waals surface area contributed by atoms with Gasteiger partial charge in [-0.15, -0.1) is 0 Å². The molecule has 1 aliphatic heterocycles. The highest BCUT2D eigenvalue weighted by molar-refractivity contribution is 5.94. The van der Waals surface area contributed by atoms with Crippen molar-refractivity contribution >= 4 is 17.4 Å². The molecule has 5 heteroatoms. The lowest BCUT2D eigenvalue weighted by Crippen LogP contribution is -2.10. The van der Waals surface area contributed by atoms with E-state index in [-0.39, 0.29) is 5.91 Å². The molecular formula is C9H12N4O. The van der Waals surface area contributed by atoms with Crippen molar-refractivity contribution in [1.82, 2.24) is 9.97 Å². The van der Waals surface area contributed by atoms with Crippen molar-refractivity contribution in [2.24, 2.45) is 0 Å². The summed E-state index contributed by atoms with van der Waals surface area (Å²) in [6.45, 7) is 2.62. The van der Waals surface area contributed by atoms with Crippen LogP contribution in [0.2, 0.25) is 0 Å². The normalized spacial score (nSPS) is 15.1. The molecule has 0 atom stereocenters. The maximum atomic E-state index is 11.2. The minimum atomic E-state index is 0.00379. The molecule has 5 nitrogen and oxygen atoms in total. The van der Waals surface area contributed by atoms with E-state index in [0.717, 1.165) is 18.1 Å². The molecule has 1 aromatic rings. The third-order valence-corrected chi connectivity index (χ3v) is 2.07. The van der Waals surface area contributed by atoms with Crippen molar-refractivity contribution in [3.8, 4) is 0 Å². The number of amides is 1. The van der Waals surface area contributed by atoms with Crippen LogP contribution in [0.1, 0.15) is 19.2 Å². The molecular weight excluding hydrogens is 180 g/mol. The molecule has 0 saturated heterocycles. The molecule has 0 aliphatic carbocycles. The maximum Gasteiger partial charge on any atom is 0.226 e. The molecule has 2 heterocycles. The second kappa shape index (κ2) is 3.61. The number of fused-ring (bicyclic) bond motifs is 1.